The highest BCUT2D eigenvalue weighted by Crippen LogP contribution is 2.41. The molecule has 1 aromatic heterocycles. The van der Waals surface area contributed by atoms with Crippen molar-refractivity contribution in [2.45, 2.75) is 32.9 Å². The molecule has 0 fully saturated rings. The lowest BCUT2D eigenvalue weighted by Gasteiger charge is -2.21. The summed E-state index contributed by atoms with van der Waals surface area (Å²) in [6.45, 7) is 4.85. The molecule has 5 aromatic rings. The zero-order valence-corrected chi connectivity index (χ0v) is 23.9. The Labute approximate surface area is 243 Å². The lowest BCUT2D eigenvalue weighted by molar-refractivity contribution is -0.117. The van der Waals surface area contributed by atoms with E-state index in [0.29, 0.717) is 12.3 Å². The average Bonchev–Trinajstić information content (AvgIpc) is 3.50. The van der Waals surface area contributed by atoms with E-state index in [-0.39, 0.29) is 25.5 Å². The van der Waals surface area contributed by atoms with Crippen LogP contribution in [0.1, 0.15) is 32.6 Å². The predicted octanol–water partition coefficient (Wildman–Crippen LogP) is 5.18. The highest BCUT2D eigenvalue weighted by molar-refractivity contribution is 6.17. The number of aliphatic hydroxyl groups is 1. The van der Waals surface area contributed by atoms with Gasteiger partial charge >= 0.3 is 0 Å². The molecule has 4 N–H and O–H groups in total. The monoisotopic (exact) mass is 563 g/mol. The average molecular weight is 564 g/mol. The number of hydrogen-bond donors (Lipinski definition) is 3. The van der Waals surface area contributed by atoms with Gasteiger partial charge in [0.05, 0.1) is 30.6 Å². The summed E-state index contributed by atoms with van der Waals surface area (Å²) < 4.78 is 10.8. The summed E-state index contributed by atoms with van der Waals surface area (Å²) in [7, 11) is 1.53. The van der Waals surface area contributed by atoms with E-state index in [2.05, 4.69) is 11.1 Å². The first kappa shape index (κ1) is 27.5. The number of primary amides is 1. The third kappa shape index (κ3) is 4.89. The first-order valence-corrected chi connectivity index (χ1v) is 13.9. The van der Waals surface area contributed by atoms with E-state index in [4.69, 9.17) is 15.2 Å². The molecule has 8 heteroatoms. The zero-order chi connectivity index (χ0) is 29.5. The Morgan fingerprint density at radius 2 is 1.86 bits per heavy atom. The zero-order valence-electron chi connectivity index (χ0n) is 23.9. The van der Waals surface area contributed by atoms with Crippen molar-refractivity contribution in [1.29, 1.82) is 0 Å². The molecule has 6 rings (SSSR count). The second-order valence-corrected chi connectivity index (χ2v) is 10.9. The molecule has 214 valence electrons. The van der Waals surface area contributed by atoms with Crippen molar-refractivity contribution in [1.82, 2.24) is 4.98 Å². The van der Waals surface area contributed by atoms with E-state index in [1.165, 1.54) is 7.11 Å². The van der Waals surface area contributed by atoms with Crippen LogP contribution in [0.25, 0.3) is 32.9 Å². The van der Waals surface area contributed by atoms with Gasteiger partial charge in [0, 0.05) is 35.2 Å². The van der Waals surface area contributed by atoms with Gasteiger partial charge in [0.25, 0.3) is 5.91 Å². The number of H-pyrrole nitrogens is 1. The summed E-state index contributed by atoms with van der Waals surface area (Å²) in [5, 5.41) is 11.9. The number of nitrogens with one attached hydrogen (secondary N) is 1. The number of rotatable bonds is 9. The molecular weight excluding hydrogens is 530 g/mol. The first-order valence-electron chi connectivity index (χ1n) is 13.9. The van der Waals surface area contributed by atoms with Crippen molar-refractivity contribution in [3.63, 3.8) is 0 Å². The summed E-state index contributed by atoms with van der Waals surface area (Å²) in [5.74, 6) is 0.188. The number of hydrogen-bond acceptors (Lipinski definition) is 5. The number of fused-ring (bicyclic) bond motifs is 4. The van der Waals surface area contributed by atoms with Crippen LogP contribution in [-0.2, 0) is 22.5 Å². The summed E-state index contributed by atoms with van der Waals surface area (Å²) in [6, 6.07) is 21.8. The third-order valence-electron chi connectivity index (χ3n) is 7.93. The Kier molecular flexibility index (Phi) is 7.18. The van der Waals surface area contributed by atoms with Gasteiger partial charge in [0.2, 0.25) is 5.91 Å². The van der Waals surface area contributed by atoms with Crippen LogP contribution in [0.15, 0.2) is 66.7 Å². The van der Waals surface area contributed by atoms with Gasteiger partial charge in [-0.25, -0.2) is 0 Å². The molecule has 42 heavy (non-hydrogen) atoms. The maximum absolute atomic E-state index is 13.4. The van der Waals surface area contributed by atoms with E-state index in [1.54, 1.807) is 0 Å². The Hall–Kier alpha value is -4.66. The van der Waals surface area contributed by atoms with Gasteiger partial charge in [-0.1, -0.05) is 42.0 Å². The number of nitrogens with two attached hydrogens (primary N) is 1. The number of carbonyl (C=O) groups excluding carboxylic acids is 2. The van der Waals surface area contributed by atoms with Crippen LogP contribution < -0.4 is 15.4 Å². The van der Waals surface area contributed by atoms with Gasteiger partial charge in [-0.2, -0.15) is 0 Å². The first-order chi connectivity index (χ1) is 20.2. The number of ether oxygens (including phenoxy) is 2. The Balaban J connectivity index is 1.46. The molecule has 1 aliphatic heterocycles. The van der Waals surface area contributed by atoms with Crippen LogP contribution in [0.3, 0.4) is 0 Å². The van der Waals surface area contributed by atoms with E-state index in [9.17, 15) is 14.7 Å². The van der Waals surface area contributed by atoms with Crippen molar-refractivity contribution in [2.75, 3.05) is 25.2 Å². The largest absolute Gasteiger partial charge is 0.491 e. The Morgan fingerprint density at radius 1 is 1.02 bits per heavy atom. The van der Waals surface area contributed by atoms with Crippen LogP contribution in [0.4, 0.5) is 5.69 Å². The van der Waals surface area contributed by atoms with Gasteiger partial charge < -0.3 is 30.2 Å². The molecule has 0 saturated carbocycles. The fraction of sp³-hybridized carbons (Fsp3) is 0.235. The number of aliphatic hydroxyl groups excluding tert-OH is 1. The smallest absolute Gasteiger partial charge is 0.258 e. The SMILES string of the molecule is COCC(O)COc1ccc2c(c1)[nH]c1c(CC(N)=O)ccc(-c3cccc(N4Cc5ccc(C)cc5C4=O)c3C)c12. The van der Waals surface area contributed by atoms with Crippen LogP contribution in [0, 0.1) is 13.8 Å². The molecule has 1 atom stereocenters. The molecule has 4 aromatic carbocycles. The fourth-order valence-corrected chi connectivity index (χ4v) is 5.95. The van der Waals surface area contributed by atoms with Gasteiger partial charge in [-0.3, -0.25) is 9.59 Å². The number of nitrogens with zero attached hydrogens (tertiary/aromatic N) is 1. The molecule has 1 aliphatic rings. The Bertz CT molecular complexity index is 1860. The number of carbonyl (C=O) groups is 2. The lowest BCUT2D eigenvalue weighted by atomic mass is 9.92. The second-order valence-electron chi connectivity index (χ2n) is 10.9. The maximum atomic E-state index is 13.4. The number of aryl methyl sites for hydroxylation is 1. The van der Waals surface area contributed by atoms with Gasteiger partial charge in [-0.05, 0) is 65.9 Å². The highest BCUT2D eigenvalue weighted by Gasteiger charge is 2.30. The Morgan fingerprint density at radius 3 is 2.64 bits per heavy atom. The molecule has 0 radical (unpaired) electrons. The van der Waals surface area contributed by atoms with Crippen LogP contribution >= 0.6 is 0 Å². The maximum Gasteiger partial charge on any atom is 0.258 e. The number of amides is 2. The predicted molar refractivity (Wildman–Crippen MR) is 164 cm³/mol. The molecule has 2 heterocycles. The van der Waals surface area contributed by atoms with Crippen LogP contribution in [-0.4, -0.2) is 48.3 Å². The van der Waals surface area contributed by atoms with Crippen molar-refractivity contribution < 1.29 is 24.2 Å². The fourth-order valence-electron chi connectivity index (χ4n) is 5.95. The third-order valence-corrected chi connectivity index (χ3v) is 7.93. The molecular formula is C34H33N3O5. The molecule has 2 amide bonds. The summed E-state index contributed by atoms with van der Waals surface area (Å²) in [5.41, 5.74) is 14.7. The van der Waals surface area contributed by atoms with Crippen LogP contribution in [0.2, 0.25) is 0 Å². The highest BCUT2D eigenvalue weighted by atomic mass is 16.5. The molecule has 0 aliphatic carbocycles. The number of aromatic nitrogens is 1. The van der Waals surface area contributed by atoms with Gasteiger partial charge in [-0.15, -0.1) is 0 Å². The van der Waals surface area contributed by atoms with Crippen molar-refractivity contribution in [2.24, 2.45) is 5.73 Å². The summed E-state index contributed by atoms with van der Waals surface area (Å²) in [4.78, 5) is 30.7. The van der Waals surface area contributed by atoms with Crippen LogP contribution in [0.5, 0.6) is 5.75 Å². The standard InChI is InChI=1S/C34H33N3O5/c1-19-7-8-22-16-37(34(40)28(22)13-19)30-6-4-5-25(20(30)2)26-11-9-21(14-31(35)39)33-32(26)27-12-10-24(15-29(27)36-33)42-18-23(38)17-41-3/h4-13,15,23,36,38H,14,16-18H2,1-3H3,(H2,35,39). The molecule has 1 unspecified atom stereocenters. The normalized spacial score (nSPS) is 13.6. The minimum atomic E-state index is -0.739. The quantitative estimate of drug-likeness (QED) is 0.228. The summed E-state index contributed by atoms with van der Waals surface area (Å²) >= 11 is 0. The number of aromatic amines is 1. The summed E-state index contributed by atoms with van der Waals surface area (Å²) in [6.07, 6.45) is -0.647. The van der Waals surface area contributed by atoms with E-state index < -0.39 is 12.0 Å². The minimum Gasteiger partial charge on any atom is -0.491 e. The van der Waals surface area contributed by atoms with E-state index in [1.807, 2.05) is 79.4 Å². The van der Waals surface area contributed by atoms with E-state index in [0.717, 1.165) is 66.4 Å². The molecule has 8 nitrogen and oxygen atoms in total. The van der Waals surface area contributed by atoms with Gasteiger partial charge in [0.15, 0.2) is 0 Å². The molecule has 0 spiro atoms. The van der Waals surface area contributed by atoms with Crippen molar-refractivity contribution >= 4 is 39.3 Å². The number of anilines is 1. The van der Waals surface area contributed by atoms with Crippen molar-refractivity contribution in [3.05, 3.63) is 94.5 Å². The molecule has 0 bridgehead atoms. The lowest BCUT2D eigenvalue weighted by Crippen LogP contribution is -2.24. The number of methoxy groups -OCH3 is 1. The minimum absolute atomic E-state index is 0.00569. The molecule has 0 saturated heterocycles. The van der Waals surface area contributed by atoms with Crippen molar-refractivity contribution in [3.8, 4) is 16.9 Å². The van der Waals surface area contributed by atoms with Gasteiger partial charge in [0.1, 0.15) is 18.5 Å². The number of benzene rings is 4. The second kappa shape index (κ2) is 11.0. The topological polar surface area (TPSA) is 118 Å². The van der Waals surface area contributed by atoms with E-state index >= 15 is 0 Å².